The van der Waals surface area contributed by atoms with Crippen LogP contribution in [0.5, 0.6) is 0 Å². The molecule has 0 spiro atoms. The highest BCUT2D eigenvalue weighted by Crippen LogP contribution is 2.29. The topological polar surface area (TPSA) is 86.8 Å². The molecule has 0 aliphatic carbocycles. The minimum atomic E-state index is -4.06. The largest absolute Gasteiger partial charge is 0.355 e. The van der Waals surface area contributed by atoms with Crippen molar-refractivity contribution in [2.24, 2.45) is 0 Å². The molecule has 3 aromatic carbocycles. The lowest BCUT2D eigenvalue weighted by Gasteiger charge is -2.32. The summed E-state index contributed by atoms with van der Waals surface area (Å²) < 4.78 is 28.8. The second-order valence-electron chi connectivity index (χ2n) is 8.94. The second-order valence-corrected chi connectivity index (χ2v) is 10.8. The number of nitrogens with zero attached hydrogens (tertiary/aromatic N) is 2. The third-order valence-corrected chi connectivity index (χ3v) is 8.23. The van der Waals surface area contributed by atoms with Gasteiger partial charge >= 0.3 is 0 Å². The van der Waals surface area contributed by atoms with Gasteiger partial charge in [-0.1, -0.05) is 60.7 Å². The zero-order valence-corrected chi connectivity index (χ0v) is 22.7. The Bertz CT molecular complexity index is 1310. The van der Waals surface area contributed by atoms with Gasteiger partial charge in [0.05, 0.1) is 10.6 Å². The van der Waals surface area contributed by atoms with Crippen molar-refractivity contribution in [2.75, 3.05) is 23.9 Å². The molecule has 3 rings (SSSR count). The molecular weight excluding hydrogens is 486 g/mol. The maximum atomic E-state index is 13.8. The minimum absolute atomic E-state index is 0.0938. The van der Waals surface area contributed by atoms with Crippen LogP contribution in [0.15, 0.2) is 83.8 Å². The fourth-order valence-corrected chi connectivity index (χ4v) is 5.62. The molecule has 0 fully saturated rings. The molecule has 196 valence electrons. The van der Waals surface area contributed by atoms with E-state index >= 15 is 0 Å². The Kier molecular flexibility index (Phi) is 9.47. The van der Waals surface area contributed by atoms with Crippen molar-refractivity contribution in [3.05, 3.63) is 95.6 Å². The first-order chi connectivity index (χ1) is 17.7. The van der Waals surface area contributed by atoms with Crippen molar-refractivity contribution in [1.29, 1.82) is 0 Å². The lowest BCUT2D eigenvalue weighted by molar-refractivity contribution is -0.138. The molecule has 0 saturated heterocycles. The molecule has 3 aromatic rings. The van der Waals surface area contributed by atoms with Crippen LogP contribution in [-0.2, 0) is 26.0 Å². The molecule has 1 N–H and O–H groups in total. The molecule has 0 aliphatic heterocycles. The molecule has 0 heterocycles. The predicted molar refractivity (Wildman–Crippen MR) is 147 cm³/mol. The summed E-state index contributed by atoms with van der Waals surface area (Å²) in [4.78, 5) is 28.1. The maximum Gasteiger partial charge on any atom is 0.264 e. The quantitative estimate of drug-likeness (QED) is 0.412. The van der Waals surface area contributed by atoms with Crippen LogP contribution in [0.4, 0.5) is 5.69 Å². The lowest BCUT2D eigenvalue weighted by Crippen LogP contribution is -2.52. The van der Waals surface area contributed by atoms with Gasteiger partial charge in [0.25, 0.3) is 10.0 Å². The SMILES string of the molecule is CCNC(=O)C(C)N(CCc1ccccc1)C(=O)CN(c1cccc(C)c1C)S(=O)(=O)c1ccccc1. The normalized spacial score (nSPS) is 12.0. The molecular formula is C29H35N3O4S. The van der Waals surface area contributed by atoms with E-state index in [1.165, 1.54) is 17.0 Å². The van der Waals surface area contributed by atoms with Gasteiger partial charge in [-0.3, -0.25) is 13.9 Å². The summed E-state index contributed by atoms with van der Waals surface area (Å²) in [5.74, 6) is -0.733. The standard InChI is InChI=1S/C29H35N3O4S/c1-5-30-29(34)24(4)31(20-19-25-14-8-6-9-15-25)28(33)21-32(27-18-12-13-22(2)23(27)3)37(35,36)26-16-10-7-11-17-26/h6-18,24H,5,19-21H2,1-4H3,(H,30,34). The highest BCUT2D eigenvalue weighted by atomic mass is 32.2. The third-order valence-electron chi connectivity index (χ3n) is 6.46. The van der Waals surface area contributed by atoms with Crippen LogP contribution >= 0.6 is 0 Å². The van der Waals surface area contributed by atoms with Crippen LogP contribution < -0.4 is 9.62 Å². The summed E-state index contributed by atoms with van der Waals surface area (Å²) in [5, 5.41) is 2.77. The average Bonchev–Trinajstić information content (AvgIpc) is 2.90. The van der Waals surface area contributed by atoms with Gasteiger partial charge in [-0.15, -0.1) is 0 Å². The smallest absolute Gasteiger partial charge is 0.264 e. The van der Waals surface area contributed by atoms with Crippen molar-refractivity contribution < 1.29 is 18.0 Å². The van der Waals surface area contributed by atoms with Crippen LogP contribution in [-0.4, -0.2) is 50.8 Å². The van der Waals surface area contributed by atoms with E-state index in [0.717, 1.165) is 21.0 Å². The van der Waals surface area contributed by atoms with E-state index in [9.17, 15) is 18.0 Å². The van der Waals surface area contributed by atoms with Crippen molar-refractivity contribution in [1.82, 2.24) is 10.2 Å². The average molecular weight is 522 g/mol. The first-order valence-corrected chi connectivity index (χ1v) is 13.9. The number of anilines is 1. The van der Waals surface area contributed by atoms with E-state index in [1.54, 1.807) is 37.3 Å². The van der Waals surface area contributed by atoms with E-state index < -0.39 is 28.5 Å². The number of rotatable bonds is 11. The predicted octanol–water partition coefficient (Wildman–Crippen LogP) is 4.09. The molecule has 0 bridgehead atoms. The lowest BCUT2D eigenvalue weighted by atomic mass is 10.1. The Morgan fingerprint density at radius 2 is 1.51 bits per heavy atom. The van der Waals surface area contributed by atoms with Gasteiger partial charge in [0.1, 0.15) is 12.6 Å². The molecule has 0 aromatic heterocycles. The van der Waals surface area contributed by atoms with Crippen LogP contribution in [0.1, 0.15) is 30.5 Å². The zero-order valence-electron chi connectivity index (χ0n) is 21.8. The Balaban J connectivity index is 2.00. The highest BCUT2D eigenvalue weighted by Gasteiger charge is 2.32. The van der Waals surface area contributed by atoms with Gasteiger partial charge in [0, 0.05) is 13.1 Å². The number of hydrogen-bond donors (Lipinski definition) is 1. The monoisotopic (exact) mass is 521 g/mol. The summed E-state index contributed by atoms with van der Waals surface area (Å²) >= 11 is 0. The number of benzene rings is 3. The minimum Gasteiger partial charge on any atom is -0.355 e. The zero-order chi connectivity index (χ0) is 27.0. The molecule has 0 aliphatic rings. The van der Waals surface area contributed by atoms with Crippen LogP contribution in [0.2, 0.25) is 0 Å². The molecule has 37 heavy (non-hydrogen) atoms. The second kappa shape index (κ2) is 12.5. The Hall–Kier alpha value is -3.65. The summed E-state index contributed by atoms with van der Waals surface area (Å²) in [5.41, 5.74) is 3.13. The van der Waals surface area contributed by atoms with Gasteiger partial charge in [-0.2, -0.15) is 0 Å². The number of carbonyl (C=O) groups excluding carboxylic acids is 2. The maximum absolute atomic E-state index is 13.8. The number of amides is 2. The van der Waals surface area contributed by atoms with Crippen LogP contribution in [0.3, 0.4) is 0 Å². The highest BCUT2D eigenvalue weighted by molar-refractivity contribution is 7.92. The summed E-state index contributed by atoms with van der Waals surface area (Å²) in [6.07, 6.45) is 0.533. The number of carbonyl (C=O) groups is 2. The van der Waals surface area contributed by atoms with Crippen molar-refractivity contribution in [2.45, 2.75) is 45.1 Å². The summed E-state index contributed by atoms with van der Waals surface area (Å²) in [6.45, 7) is 7.50. The first kappa shape index (κ1) is 27.9. The van der Waals surface area contributed by atoms with Gasteiger partial charge in [0.15, 0.2) is 0 Å². The fraction of sp³-hybridized carbons (Fsp3) is 0.310. The van der Waals surface area contributed by atoms with E-state index in [0.29, 0.717) is 18.7 Å². The third kappa shape index (κ3) is 6.77. The number of aryl methyl sites for hydroxylation is 1. The molecule has 1 unspecified atom stereocenters. The van der Waals surface area contributed by atoms with Crippen LogP contribution in [0.25, 0.3) is 0 Å². The fourth-order valence-electron chi connectivity index (χ4n) is 4.13. The van der Waals surface area contributed by atoms with Crippen molar-refractivity contribution >= 4 is 27.5 Å². The Labute approximate surface area is 220 Å². The van der Waals surface area contributed by atoms with Crippen LogP contribution in [0, 0.1) is 13.8 Å². The van der Waals surface area contributed by atoms with E-state index in [-0.39, 0.29) is 17.3 Å². The van der Waals surface area contributed by atoms with Gasteiger partial charge in [0.2, 0.25) is 11.8 Å². The molecule has 2 amide bonds. The van der Waals surface area contributed by atoms with Crippen molar-refractivity contribution in [3.8, 4) is 0 Å². The Morgan fingerprint density at radius 1 is 0.892 bits per heavy atom. The summed E-state index contributed by atoms with van der Waals surface area (Å²) in [6, 6.07) is 22.4. The van der Waals surface area contributed by atoms with Crippen molar-refractivity contribution in [3.63, 3.8) is 0 Å². The molecule has 0 radical (unpaired) electrons. The summed E-state index contributed by atoms with van der Waals surface area (Å²) in [7, 11) is -4.06. The van der Waals surface area contributed by atoms with E-state index in [2.05, 4.69) is 5.32 Å². The number of sulfonamides is 1. The number of likely N-dealkylation sites (N-methyl/N-ethyl adjacent to an activating group) is 1. The van der Waals surface area contributed by atoms with Gasteiger partial charge in [-0.05, 0) is 69.0 Å². The molecule has 7 nitrogen and oxygen atoms in total. The van der Waals surface area contributed by atoms with Gasteiger partial charge in [-0.25, -0.2) is 8.42 Å². The van der Waals surface area contributed by atoms with E-state index in [4.69, 9.17) is 0 Å². The van der Waals surface area contributed by atoms with E-state index in [1.807, 2.05) is 57.2 Å². The first-order valence-electron chi connectivity index (χ1n) is 12.4. The number of nitrogens with one attached hydrogen (secondary N) is 1. The van der Waals surface area contributed by atoms with Gasteiger partial charge < -0.3 is 10.2 Å². The molecule has 1 atom stereocenters. The Morgan fingerprint density at radius 3 is 2.14 bits per heavy atom. The number of hydrogen-bond acceptors (Lipinski definition) is 4. The molecule has 0 saturated carbocycles. The molecule has 8 heteroatoms.